The van der Waals surface area contributed by atoms with Gasteiger partial charge in [0, 0.05) is 19.3 Å². The molecule has 0 rings (SSSR count). The Morgan fingerprint density at radius 1 is 0.317 bits per heavy atom. The third-order valence-electron chi connectivity index (χ3n) is 12.2. The van der Waals surface area contributed by atoms with Crippen molar-refractivity contribution in [1.29, 1.82) is 0 Å². The lowest BCUT2D eigenvalue weighted by molar-refractivity contribution is -0.167. The van der Waals surface area contributed by atoms with Crippen molar-refractivity contribution in [3.8, 4) is 0 Å². The Labute approximate surface area is 374 Å². The number of hydrogen-bond donors (Lipinski definition) is 0. The second-order valence-corrected chi connectivity index (χ2v) is 19.5. The lowest BCUT2D eigenvalue weighted by Crippen LogP contribution is -2.30. The van der Waals surface area contributed by atoms with Crippen LogP contribution in [0.1, 0.15) is 298 Å². The van der Waals surface area contributed by atoms with Crippen LogP contribution in [0.15, 0.2) is 0 Å². The van der Waals surface area contributed by atoms with Crippen molar-refractivity contribution < 1.29 is 28.6 Å². The average molecular weight is 849 g/mol. The van der Waals surface area contributed by atoms with Crippen LogP contribution in [0.5, 0.6) is 0 Å². The van der Waals surface area contributed by atoms with Crippen molar-refractivity contribution in [3.05, 3.63) is 0 Å². The first-order valence-electron chi connectivity index (χ1n) is 26.7. The highest BCUT2D eigenvalue weighted by molar-refractivity contribution is 5.71. The van der Waals surface area contributed by atoms with Crippen molar-refractivity contribution in [2.24, 2.45) is 11.8 Å². The van der Waals surface area contributed by atoms with E-state index in [-0.39, 0.29) is 31.1 Å². The molecular formula is C54H104O6. The van der Waals surface area contributed by atoms with E-state index in [2.05, 4.69) is 34.6 Å². The predicted octanol–water partition coefficient (Wildman–Crippen LogP) is 17.3. The molecule has 0 spiro atoms. The van der Waals surface area contributed by atoms with Crippen molar-refractivity contribution in [2.45, 2.75) is 304 Å². The Bertz CT molecular complexity index is 916. The molecular weight excluding hydrogens is 745 g/mol. The molecule has 0 unspecified atom stereocenters. The van der Waals surface area contributed by atoms with Crippen LogP contribution in [-0.4, -0.2) is 37.2 Å². The Balaban J connectivity index is 4.06. The van der Waals surface area contributed by atoms with Crippen LogP contribution in [-0.2, 0) is 28.6 Å². The van der Waals surface area contributed by atoms with E-state index in [1.54, 1.807) is 0 Å². The first-order chi connectivity index (χ1) is 29.2. The van der Waals surface area contributed by atoms with Gasteiger partial charge in [-0.3, -0.25) is 14.4 Å². The van der Waals surface area contributed by atoms with Crippen LogP contribution in [0.4, 0.5) is 0 Å². The fourth-order valence-electron chi connectivity index (χ4n) is 8.17. The van der Waals surface area contributed by atoms with Gasteiger partial charge in [-0.1, -0.05) is 259 Å². The van der Waals surface area contributed by atoms with E-state index in [9.17, 15) is 14.4 Å². The average Bonchev–Trinajstić information content (AvgIpc) is 3.22. The standard InChI is InChI=1S/C54H104O6/c1-6-7-8-32-39-44-52(55)58-47-51(60-54(57)46-41-36-31-27-23-19-15-17-21-25-29-34-38-43-50(4)5)48-59-53(56)45-40-35-30-26-22-18-14-12-10-9-11-13-16-20-24-28-33-37-42-49(2)3/h49-51H,6-48H2,1-5H3/t51-/m1/s1. The maximum atomic E-state index is 12.7. The molecule has 0 aliphatic heterocycles. The second kappa shape index (κ2) is 46.9. The highest BCUT2D eigenvalue weighted by Gasteiger charge is 2.19. The highest BCUT2D eigenvalue weighted by Crippen LogP contribution is 2.18. The summed E-state index contributed by atoms with van der Waals surface area (Å²) >= 11 is 0. The van der Waals surface area contributed by atoms with Crippen molar-refractivity contribution in [1.82, 2.24) is 0 Å². The van der Waals surface area contributed by atoms with Gasteiger partial charge in [-0.25, -0.2) is 0 Å². The van der Waals surface area contributed by atoms with E-state index in [0.29, 0.717) is 19.3 Å². The normalized spacial score (nSPS) is 12.1. The summed E-state index contributed by atoms with van der Waals surface area (Å²) in [6.45, 7) is 11.3. The number of ether oxygens (including phenoxy) is 3. The number of carbonyl (C=O) groups is 3. The molecule has 0 heterocycles. The molecule has 0 fully saturated rings. The maximum absolute atomic E-state index is 12.7. The van der Waals surface area contributed by atoms with Gasteiger partial charge in [-0.15, -0.1) is 0 Å². The Morgan fingerprint density at radius 2 is 0.550 bits per heavy atom. The summed E-state index contributed by atoms with van der Waals surface area (Å²) in [7, 11) is 0. The Morgan fingerprint density at radius 3 is 0.817 bits per heavy atom. The van der Waals surface area contributed by atoms with E-state index in [1.807, 2.05) is 0 Å². The van der Waals surface area contributed by atoms with Gasteiger partial charge < -0.3 is 14.2 Å². The third kappa shape index (κ3) is 47.5. The molecule has 1 atom stereocenters. The van der Waals surface area contributed by atoms with Crippen LogP contribution in [0.2, 0.25) is 0 Å². The Kier molecular flexibility index (Phi) is 45.7. The lowest BCUT2D eigenvalue weighted by Gasteiger charge is -2.18. The van der Waals surface area contributed by atoms with Crippen LogP contribution in [0, 0.1) is 11.8 Å². The quantitative estimate of drug-likeness (QED) is 0.0345. The largest absolute Gasteiger partial charge is 0.462 e. The van der Waals surface area contributed by atoms with Gasteiger partial charge >= 0.3 is 17.9 Å². The molecule has 0 aromatic rings. The molecule has 0 bridgehead atoms. The minimum atomic E-state index is -0.760. The van der Waals surface area contributed by atoms with Crippen molar-refractivity contribution >= 4 is 17.9 Å². The fraction of sp³-hybridized carbons (Fsp3) is 0.944. The Hall–Kier alpha value is -1.59. The molecule has 6 heteroatoms. The zero-order valence-corrected chi connectivity index (χ0v) is 41.1. The third-order valence-corrected chi connectivity index (χ3v) is 12.2. The van der Waals surface area contributed by atoms with Gasteiger partial charge in [0.05, 0.1) is 0 Å². The fourth-order valence-corrected chi connectivity index (χ4v) is 8.17. The number of rotatable bonds is 48. The summed E-state index contributed by atoms with van der Waals surface area (Å²) in [6, 6.07) is 0. The van der Waals surface area contributed by atoms with E-state index >= 15 is 0 Å². The minimum absolute atomic E-state index is 0.0643. The number of carbonyl (C=O) groups excluding carboxylic acids is 3. The molecule has 60 heavy (non-hydrogen) atoms. The predicted molar refractivity (Wildman–Crippen MR) is 256 cm³/mol. The molecule has 0 aromatic carbocycles. The number of hydrogen-bond acceptors (Lipinski definition) is 6. The van der Waals surface area contributed by atoms with Gasteiger partial charge in [0.15, 0.2) is 6.10 Å². The maximum Gasteiger partial charge on any atom is 0.306 e. The monoisotopic (exact) mass is 849 g/mol. The number of esters is 3. The summed E-state index contributed by atoms with van der Waals surface area (Å²) in [4.78, 5) is 37.7. The topological polar surface area (TPSA) is 78.9 Å². The molecule has 356 valence electrons. The summed E-state index contributed by atoms with van der Waals surface area (Å²) < 4.78 is 16.7. The summed E-state index contributed by atoms with van der Waals surface area (Å²) in [6.07, 6.45) is 48.5. The van der Waals surface area contributed by atoms with E-state index in [4.69, 9.17) is 14.2 Å². The first kappa shape index (κ1) is 58.4. The van der Waals surface area contributed by atoms with Crippen LogP contribution >= 0.6 is 0 Å². The molecule has 0 amide bonds. The minimum Gasteiger partial charge on any atom is -0.462 e. The summed E-state index contributed by atoms with van der Waals surface area (Å²) in [5.41, 5.74) is 0. The first-order valence-corrected chi connectivity index (χ1v) is 26.7. The van der Waals surface area contributed by atoms with E-state index in [1.165, 1.54) is 180 Å². The van der Waals surface area contributed by atoms with Gasteiger partial charge in [0.25, 0.3) is 0 Å². The molecule has 0 aromatic heterocycles. The SMILES string of the molecule is CCCCCCCC(=O)OC[C@H](COC(=O)CCCCCCCCCCCCCCCCCCCCC(C)C)OC(=O)CCCCCCCCCCCCCCCC(C)C. The molecule has 6 nitrogen and oxygen atoms in total. The molecule has 0 N–H and O–H groups in total. The number of unbranched alkanes of at least 4 members (excludes halogenated alkanes) is 33. The smallest absolute Gasteiger partial charge is 0.306 e. The molecule has 0 aliphatic carbocycles. The molecule has 0 aliphatic rings. The van der Waals surface area contributed by atoms with Gasteiger partial charge in [0.2, 0.25) is 0 Å². The lowest BCUT2D eigenvalue weighted by atomic mass is 10.0. The highest BCUT2D eigenvalue weighted by atomic mass is 16.6. The van der Waals surface area contributed by atoms with Crippen LogP contribution in [0.25, 0.3) is 0 Å². The summed E-state index contributed by atoms with van der Waals surface area (Å²) in [5.74, 6) is 0.837. The van der Waals surface area contributed by atoms with Gasteiger partial charge in [0.1, 0.15) is 13.2 Å². The zero-order chi connectivity index (χ0) is 44.0. The van der Waals surface area contributed by atoms with E-state index < -0.39 is 6.10 Å². The van der Waals surface area contributed by atoms with Gasteiger partial charge in [-0.2, -0.15) is 0 Å². The zero-order valence-electron chi connectivity index (χ0n) is 41.1. The second-order valence-electron chi connectivity index (χ2n) is 19.5. The molecule has 0 saturated carbocycles. The summed E-state index contributed by atoms with van der Waals surface area (Å²) in [5, 5.41) is 0. The van der Waals surface area contributed by atoms with Crippen LogP contribution < -0.4 is 0 Å². The van der Waals surface area contributed by atoms with Gasteiger partial charge in [-0.05, 0) is 31.1 Å². The van der Waals surface area contributed by atoms with Crippen molar-refractivity contribution in [3.63, 3.8) is 0 Å². The van der Waals surface area contributed by atoms with E-state index in [0.717, 1.165) is 76.0 Å². The van der Waals surface area contributed by atoms with Crippen molar-refractivity contribution in [2.75, 3.05) is 13.2 Å². The molecule has 0 saturated heterocycles. The molecule has 0 radical (unpaired) electrons. The van der Waals surface area contributed by atoms with Crippen LogP contribution in [0.3, 0.4) is 0 Å².